The third-order valence-electron chi connectivity index (χ3n) is 6.52. The van der Waals surface area contributed by atoms with E-state index in [0.717, 1.165) is 43.3 Å². The number of aromatic nitrogens is 1. The van der Waals surface area contributed by atoms with E-state index in [1.807, 2.05) is 12.3 Å². The molecule has 0 saturated heterocycles. The Kier molecular flexibility index (Phi) is 6.09. The third-order valence-corrected chi connectivity index (χ3v) is 6.52. The minimum absolute atomic E-state index is 0.0239. The topological polar surface area (TPSA) is 65.8 Å². The van der Waals surface area contributed by atoms with Gasteiger partial charge < -0.3 is 5.32 Å². The highest BCUT2D eigenvalue weighted by atomic mass is 16.1. The minimum atomic E-state index is 0.0239. The Bertz CT molecular complexity index is 1050. The molecule has 1 amide bonds. The fourth-order valence-electron chi connectivity index (χ4n) is 4.90. The molecule has 1 aromatic heterocycles. The van der Waals surface area contributed by atoms with Crippen molar-refractivity contribution in [3.8, 4) is 6.07 Å². The van der Waals surface area contributed by atoms with Crippen LogP contribution in [0.3, 0.4) is 0 Å². The molecular formula is C26H27N3O. The third kappa shape index (κ3) is 4.21. The first-order chi connectivity index (χ1) is 14.7. The van der Waals surface area contributed by atoms with E-state index in [4.69, 9.17) is 5.26 Å². The second-order valence-electron chi connectivity index (χ2n) is 8.22. The molecule has 1 atom stereocenters. The number of amides is 1. The van der Waals surface area contributed by atoms with Crippen molar-refractivity contribution in [2.45, 2.75) is 44.9 Å². The van der Waals surface area contributed by atoms with Crippen molar-refractivity contribution in [3.05, 3.63) is 71.9 Å². The van der Waals surface area contributed by atoms with Crippen molar-refractivity contribution in [2.75, 3.05) is 5.32 Å². The molecule has 152 valence electrons. The fraction of sp³-hybridized carbons (Fsp3) is 0.346. The zero-order chi connectivity index (χ0) is 20.9. The summed E-state index contributed by atoms with van der Waals surface area (Å²) in [7, 11) is 0. The number of nitrogens with one attached hydrogen (secondary N) is 1. The Hall–Kier alpha value is -3.19. The highest BCUT2D eigenvalue weighted by molar-refractivity contribution is 5.92. The molecule has 0 bridgehead atoms. The molecule has 4 heteroatoms. The maximum atomic E-state index is 12.9. The summed E-state index contributed by atoms with van der Waals surface area (Å²) in [5.74, 6) is 1.07. The first-order valence-corrected chi connectivity index (χ1v) is 10.8. The molecule has 0 aliphatic heterocycles. The van der Waals surface area contributed by atoms with Gasteiger partial charge in [-0.1, -0.05) is 25.1 Å². The Morgan fingerprint density at radius 3 is 2.53 bits per heavy atom. The number of hydrogen-bond acceptors (Lipinski definition) is 3. The summed E-state index contributed by atoms with van der Waals surface area (Å²) in [6, 6.07) is 19.7. The number of pyridine rings is 1. The molecule has 1 saturated carbocycles. The lowest BCUT2D eigenvalue weighted by atomic mass is 9.72. The molecule has 2 aromatic carbocycles. The van der Waals surface area contributed by atoms with E-state index >= 15 is 0 Å². The molecular weight excluding hydrogens is 370 g/mol. The smallest absolute Gasteiger partial charge is 0.227 e. The predicted octanol–water partition coefficient (Wildman–Crippen LogP) is 6.05. The van der Waals surface area contributed by atoms with Gasteiger partial charge >= 0.3 is 0 Å². The predicted molar refractivity (Wildman–Crippen MR) is 120 cm³/mol. The Balaban J connectivity index is 1.41. The first-order valence-electron chi connectivity index (χ1n) is 10.8. The van der Waals surface area contributed by atoms with E-state index in [9.17, 15) is 4.79 Å². The van der Waals surface area contributed by atoms with Gasteiger partial charge in [-0.25, -0.2) is 0 Å². The number of nitrogens with zero attached hydrogens (tertiary/aromatic N) is 2. The molecule has 1 fully saturated rings. The summed E-state index contributed by atoms with van der Waals surface area (Å²) in [4.78, 5) is 17.4. The summed E-state index contributed by atoms with van der Waals surface area (Å²) >= 11 is 0. The zero-order valence-electron chi connectivity index (χ0n) is 17.3. The number of carbonyl (C=O) groups excluding carboxylic acids is 1. The summed E-state index contributed by atoms with van der Waals surface area (Å²) in [5, 5.41) is 13.2. The van der Waals surface area contributed by atoms with Gasteiger partial charge in [-0.05, 0) is 85.9 Å². The maximum absolute atomic E-state index is 12.9. The van der Waals surface area contributed by atoms with Crippen LogP contribution in [-0.4, -0.2) is 10.9 Å². The molecule has 0 radical (unpaired) electrons. The quantitative estimate of drug-likeness (QED) is 0.570. The number of benzene rings is 2. The Morgan fingerprint density at radius 2 is 1.83 bits per heavy atom. The van der Waals surface area contributed by atoms with Gasteiger partial charge in [0.05, 0.1) is 17.1 Å². The summed E-state index contributed by atoms with van der Waals surface area (Å²) in [5.41, 5.74) is 3.82. The van der Waals surface area contributed by atoms with Gasteiger partial charge in [0, 0.05) is 23.2 Å². The van der Waals surface area contributed by atoms with E-state index in [1.54, 1.807) is 24.3 Å². The van der Waals surface area contributed by atoms with Gasteiger partial charge in [-0.2, -0.15) is 5.26 Å². The summed E-state index contributed by atoms with van der Waals surface area (Å²) < 4.78 is 0. The highest BCUT2D eigenvalue weighted by Crippen LogP contribution is 2.41. The van der Waals surface area contributed by atoms with Gasteiger partial charge in [-0.3, -0.25) is 9.78 Å². The molecule has 4 nitrogen and oxygen atoms in total. The molecule has 3 aromatic rings. The second-order valence-corrected chi connectivity index (χ2v) is 8.22. The van der Waals surface area contributed by atoms with E-state index in [1.165, 1.54) is 10.9 Å². The van der Waals surface area contributed by atoms with Crippen molar-refractivity contribution < 1.29 is 4.79 Å². The molecule has 4 rings (SSSR count). The van der Waals surface area contributed by atoms with Crippen LogP contribution in [0.5, 0.6) is 0 Å². The lowest BCUT2D eigenvalue weighted by Crippen LogP contribution is -2.31. The van der Waals surface area contributed by atoms with E-state index in [0.29, 0.717) is 17.4 Å². The number of para-hydroxylation sites is 1. The first kappa shape index (κ1) is 20.1. The van der Waals surface area contributed by atoms with Crippen LogP contribution >= 0.6 is 0 Å². The lowest BCUT2D eigenvalue weighted by Gasteiger charge is -2.33. The van der Waals surface area contributed by atoms with E-state index < -0.39 is 0 Å². The van der Waals surface area contributed by atoms with Crippen molar-refractivity contribution in [1.29, 1.82) is 5.26 Å². The summed E-state index contributed by atoms with van der Waals surface area (Å²) in [6.45, 7) is 2.10. The van der Waals surface area contributed by atoms with Crippen molar-refractivity contribution in [3.63, 3.8) is 0 Å². The molecule has 0 spiro atoms. The van der Waals surface area contributed by atoms with Crippen LogP contribution in [-0.2, 0) is 4.79 Å². The van der Waals surface area contributed by atoms with Gasteiger partial charge in [-0.15, -0.1) is 0 Å². The number of rotatable bonds is 5. The average Bonchev–Trinajstić information content (AvgIpc) is 2.80. The monoisotopic (exact) mass is 397 g/mol. The van der Waals surface area contributed by atoms with Crippen molar-refractivity contribution in [2.24, 2.45) is 11.8 Å². The van der Waals surface area contributed by atoms with Crippen molar-refractivity contribution >= 4 is 22.5 Å². The zero-order valence-corrected chi connectivity index (χ0v) is 17.3. The highest BCUT2D eigenvalue weighted by Gasteiger charge is 2.32. The van der Waals surface area contributed by atoms with Crippen molar-refractivity contribution in [1.82, 2.24) is 4.98 Å². The number of carbonyl (C=O) groups is 1. The maximum Gasteiger partial charge on any atom is 0.227 e. The van der Waals surface area contributed by atoms with Crippen LogP contribution in [0, 0.1) is 23.2 Å². The van der Waals surface area contributed by atoms with Gasteiger partial charge in [0.1, 0.15) is 0 Å². The van der Waals surface area contributed by atoms with E-state index in [-0.39, 0.29) is 11.8 Å². The molecule has 0 unspecified atom stereocenters. The number of anilines is 1. The van der Waals surface area contributed by atoms with Gasteiger partial charge in [0.15, 0.2) is 0 Å². The molecule has 1 heterocycles. The number of nitriles is 1. The molecule has 1 N–H and O–H groups in total. The van der Waals surface area contributed by atoms with Crippen LogP contribution in [0.25, 0.3) is 10.9 Å². The van der Waals surface area contributed by atoms with Gasteiger partial charge in [0.25, 0.3) is 0 Å². The minimum Gasteiger partial charge on any atom is -0.326 e. The standard InChI is InChI=1S/C26H27N3O/c1-2-22(26(30)29-21-13-7-18(17-27)8-14-21)19-9-11-20(12-10-19)23-15-16-28-25-6-4-3-5-24(23)25/h3-8,13-16,19-20,22H,2,9-12H2,1H3,(H,29,30)/t19-,20-,22-/m0/s1. The van der Waals surface area contributed by atoms with Crippen LogP contribution in [0.1, 0.15) is 56.1 Å². The SMILES string of the molecule is CC[C@H](C(=O)Nc1ccc(C#N)cc1)[C@H]1CC[C@H](c2ccnc3ccccc32)CC1. The van der Waals surface area contributed by atoms with Crippen LogP contribution in [0.2, 0.25) is 0 Å². The van der Waals surface area contributed by atoms with Crippen LogP contribution < -0.4 is 5.32 Å². The van der Waals surface area contributed by atoms with Crippen LogP contribution in [0.15, 0.2) is 60.8 Å². The molecule has 1 aliphatic carbocycles. The average molecular weight is 398 g/mol. The molecule has 1 aliphatic rings. The van der Waals surface area contributed by atoms with Gasteiger partial charge in [0.2, 0.25) is 5.91 Å². The lowest BCUT2D eigenvalue weighted by molar-refractivity contribution is -0.122. The van der Waals surface area contributed by atoms with Crippen LogP contribution in [0.4, 0.5) is 5.69 Å². The van der Waals surface area contributed by atoms with E-state index in [2.05, 4.69) is 47.6 Å². The number of hydrogen-bond donors (Lipinski definition) is 1. The largest absolute Gasteiger partial charge is 0.326 e. The Morgan fingerprint density at radius 1 is 1.10 bits per heavy atom. The second kappa shape index (κ2) is 9.09. The number of fused-ring (bicyclic) bond motifs is 1. The molecule has 30 heavy (non-hydrogen) atoms. The summed E-state index contributed by atoms with van der Waals surface area (Å²) in [6.07, 6.45) is 7.12. The fourth-order valence-corrected chi connectivity index (χ4v) is 4.90. The Labute approximate surface area is 178 Å². The normalized spacial score (nSPS) is 19.7.